The summed E-state index contributed by atoms with van der Waals surface area (Å²) in [6, 6.07) is 7.63. The van der Waals surface area contributed by atoms with Crippen LogP contribution in [0.3, 0.4) is 0 Å². The van der Waals surface area contributed by atoms with Crippen LogP contribution in [0.2, 0.25) is 0 Å². The monoisotopic (exact) mass is 191 g/mol. The molecule has 1 rings (SSSR count). The van der Waals surface area contributed by atoms with Crippen LogP contribution in [0.4, 0.5) is 0 Å². The molecule has 0 spiro atoms. The molecule has 0 heterocycles. The molecule has 1 aromatic carbocycles. The molecular formula is C12H17NO. The van der Waals surface area contributed by atoms with Crippen molar-refractivity contribution >= 4 is 5.78 Å². The molecule has 0 aliphatic rings. The Morgan fingerprint density at radius 3 is 2.43 bits per heavy atom. The zero-order valence-electron chi connectivity index (χ0n) is 9.00. The second-order valence-corrected chi connectivity index (χ2v) is 4.38. The van der Waals surface area contributed by atoms with Crippen molar-refractivity contribution in [2.45, 2.75) is 32.7 Å². The first-order chi connectivity index (χ1) is 6.40. The number of benzene rings is 1. The van der Waals surface area contributed by atoms with E-state index < -0.39 is 0 Å². The highest BCUT2D eigenvalue weighted by atomic mass is 16.1. The number of carbonyl (C=O) groups excluding carboxylic acids is 1. The Labute approximate surface area is 85.1 Å². The highest BCUT2D eigenvalue weighted by molar-refractivity contribution is 5.95. The molecule has 0 atom stereocenters. The van der Waals surface area contributed by atoms with Gasteiger partial charge < -0.3 is 5.73 Å². The summed E-state index contributed by atoms with van der Waals surface area (Å²) >= 11 is 0. The van der Waals surface area contributed by atoms with Gasteiger partial charge in [0.15, 0.2) is 5.78 Å². The van der Waals surface area contributed by atoms with Gasteiger partial charge in [0.05, 0.1) is 0 Å². The molecule has 0 radical (unpaired) electrons. The van der Waals surface area contributed by atoms with Gasteiger partial charge in [-0.2, -0.15) is 0 Å². The Kier molecular flexibility index (Phi) is 3.06. The minimum atomic E-state index is -0.272. The zero-order valence-corrected chi connectivity index (χ0v) is 9.00. The summed E-state index contributed by atoms with van der Waals surface area (Å²) in [5.74, 6) is 0.102. The molecule has 0 aliphatic carbocycles. The summed E-state index contributed by atoms with van der Waals surface area (Å²) in [6.07, 6.45) is 0.725. The Morgan fingerprint density at radius 1 is 1.36 bits per heavy atom. The molecule has 2 N–H and O–H groups in total. The van der Waals surface area contributed by atoms with Gasteiger partial charge in [-0.05, 0) is 32.8 Å². The van der Waals surface area contributed by atoms with Gasteiger partial charge in [0.1, 0.15) is 0 Å². The molecule has 0 bridgehead atoms. The van der Waals surface area contributed by atoms with Crippen LogP contribution in [-0.2, 0) is 6.42 Å². The minimum absolute atomic E-state index is 0.102. The molecule has 2 heteroatoms. The summed E-state index contributed by atoms with van der Waals surface area (Å²) in [6.45, 7) is 5.51. The maximum Gasteiger partial charge on any atom is 0.160 e. The highest BCUT2D eigenvalue weighted by Gasteiger charge is 2.15. The third kappa shape index (κ3) is 2.96. The predicted molar refractivity (Wildman–Crippen MR) is 58.4 cm³/mol. The molecule has 0 saturated carbocycles. The maximum atomic E-state index is 11.3. The van der Waals surface area contributed by atoms with Gasteiger partial charge in [-0.25, -0.2) is 0 Å². The van der Waals surface area contributed by atoms with E-state index in [-0.39, 0.29) is 11.3 Å². The van der Waals surface area contributed by atoms with Gasteiger partial charge in [0.25, 0.3) is 0 Å². The average Bonchev–Trinajstić information content (AvgIpc) is 2.01. The Balaban J connectivity index is 3.02. The first-order valence-electron chi connectivity index (χ1n) is 4.78. The Morgan fingerprint density at radius 2 is 1.93 bits per heavy atom. The van der Waals surface area contributed by atoms with Crippen LogP contribution < -0.4 is 5.73 Å². The molecule has 76 valence electrons. The summed E-state index contributed by atoms with van der Waals surface area (Å²) in [4.78, 5) is 11.3. The van der Waals surface area contributed by atoms with Crippen LogP contribution in [-0.4, -0.2) is 11.3 Å². The van der Waals surface area contributed by atoms with Crippen LogP contribution in [0.1, 0.15) is 36.7 Å². The van der Waals surface area contributed by atoms with E-state index in [9.17, 15) is 4.79 Å². The molecule has 2 nitrogen and oxygen atoms in total. The van der Waals surface area contributed by atoms with Crippen molar-refractivity contribution < 1.29 is 4.79 Å². The summed E-state index contributed by atoms with van der Waals surface area (Å²) < 4.78 is 0. The lowest BCUT2D eigenvalue weighted by molar-refractivity contribution is 0.101. The van der Waals surface area contributed by atoms with E-state index in [2.05, 4.69) is 0 Å². The summed E-state index contributed by atoms with van der Waals surface area (Å²) in [5.41, 5.74) is 7.47. The third-order valence-corrected chi connectivity index (χ3v) is 2.04. The second kappa shape index (κ2) is 3.93. The quantitative estimate of drug-likeness (QED) is 0.744. The van der Waals surface area contributed by atoms with Crippen molar-refractivity contribution in [1.29, 1.82) is 0 Å². The van der Waals surface area contributed by atoms with Crippen LogP contribution in [0.25, 0.3) is 0 Å². The Bertz CT molecular complexity index is 336. The van der Waals surface area contributed by atoms with Crippen molar-refractivity contribution in [3.8, 4) is 0 Å². The van der Waals surface area contributed by atoms with E-state index in [0.717, 1.165) is 17.5 Å². The largest absolute Gasteiger partial charge is 0.325 e. The highest BCUT2D eigenvalue weighted by Crippen LogP contribution is 2.15. The van der Waals surface area contributed by atoms with Crippen LogP contribution in [0.5, 0.6) is 0 Å². The molecule has 0 amide bonds. The predicted octanol–water partition coefficient (Wildman–Crippen LogP) is 2.17. The van der Waals surface area contributed by atoms with Crippen molar-refractivity contribution in [3.05, 3.63) is 35.4 Å². The van der Waals surface area contributed by atoms with Gasteiger partial charge in [0.2, 0.25) is 0 Å². The first-order valence-corrected chi connectivity index (χ1v) is 4.78. The molecule has 0 unspecified atom stereocenters. The smallest absolute Gasteiger partial charge is 0.160 e. The normalized spacial score (nSPS) is 11.4. The minimum Gasteiger partial charge on any atom is -0.325 e. The maximum absolute atomic E-state index is 11.3. The lowest BCUT2D eigenvalue weighted by Gasteiger charge is -2.19. The number of rotatable bonds is 3. The van der Waals surface area contributed by atoms with Crippen molar-refractivity contribution in [2.75, 3.05) is 0 Å². The fraction of sp³-hybridized carbons (Fsp3) is 0.417. The van der Waals surface area contributed by atoms with Crippen LogP contribution in [0.15, 0.2) is 24.3 Å². The first kappa shape index (κ1) is 10.9. The number of ketones is 1. The van der Waals surface area contributed by atoms with Gasteiger partial charge in [-0.15, -0.1) is 0 Å². The average molecular weight is 191 g/mol. The van der Waals surface area contributed by atoms with Crippen molar-refractivity contribution in [2.24, 2.45) is 5.73 Å². The second-order valence-electron chi connectivity index (χ2n) is 4.38. The number of Topliss-reactive ketones (excluding diaryl/α,β-unsaturated/α-hetero) is 1. The van der Waals surface area contributed by atoms with E-state index in [0.29, 0.717) is 0 Å². The fourth-order valence-corrected chi connectivity index (χ4v) is 1.51. The molecule has 1 aromatic rings. The molecule has 14 heavy (non-hydrogen) atoms. The topological polar surface area (TPSA) is 43.1 Å². The SMILES string of the molecule is CC(=O)c1ccccc1CC(C)(C)N. The van der Waals surface area contributed by atoms with E-state index in [4.69, 9.17) is 5.73 Å². The summed E-state index contributed by atoms with van der Waals surface area (Å²) in [5, 5.41) is 0. The van der Waals surface area contributed by atoms with E-state index >= 15 is 0 Å². The lowest BCUT2D eigenvalue weighted by atomic mass is 9.92. The molecule has 0 fully saturated rings. The van der Waals surface area contributed by atoms with Crippen LogP contribution in [0, 0.1) is 0 Å². The standard InChI is InChI=1S/C12H17NO/c1-9(14)11-7-5-4-6-10(11)8-12(2,3)13/h4-7H,8,13H2,1-3H3. The number of nitrogens with two attached hydrogens (primary N) is 1. The number of hydrogen-bond donors (Lipinski definition) is 1. The van der Waals surface area contributed by atoms with Gasteiger partial charge >= 0.3 is 0 Å². The van der Waals surface area contributed by atoms with E-state index in [1.807, 2.05) is 38.1 Å². The van der Waals surface area contributed by atoms with Gasteiger partial charge in [-0.3, -0.25) is 4.79 Å². The van der Waals surface area contributed by atoms with E-state index in [1.165, 1.54) is 0 Å². The Hall–Kier alpha value is -1.15. The number of carbonyl (C=O) groups is 1. The molecule has 0 aromatic heterocycles. The molecular weight excluding hydrogens is 174 g/mol. The number of hydrogen-bond acceptors (Lipinski definition) is 2. The lowest BCUT2D eigenvalue weighted by Crippen LogP contribution is -2.34. The molecule has 0 aliphatic heterocycles. The van der Waals surface area contributed by atoms with Crippen molar-refractivity contribution in [3.63, 3.8) is 0 Å². The van der Waals surface area contributed by atoms with E-state index in [1.54, 1.807) is 6.92 Å². The third-order valence-electron chi connectivity index (χ3n) is 2.04. The van der Waals surface area contributed by atoms with Gasteiger partial charge in [0, 0.05) is 11.1 Å². The van der Waals surface area contributed by atoms with Crippen molar-refractivity contribution in [1.82, 2.24) is 0 Å². The van der Waals surface area contributed by atoms with Crippen LogP contribution >= 0.6 is 0 Å². The molecule has 0 saturated heterocycles. The summed E-state index contributed by atoms with van der Waals surface area (Å²) in [7, 11) is 0. The fourth-order valence-electron chi connectivity index (χ4n) is 1.51. The van der Waals surface area contributed by atoms with Gasteiger partial charge in [-0.1, -0.05) is 24.3 Å². The zero-order chi connectivity index (χ0) is 10.8.